The second kappa shape index (κ2) is 40.4. The van der Waals surface area contributed by atoms with Crippen LogP contribution in [0.3, 0.4) is 0 Å². The van der Waals surface area contributed by atoms with Crippen molar-refractivity contribution in [2.75, 3.05) is 59.8 Å². The van der Waals surface area contributed by atoms with Crippen molar-refractivity contribution in [3.8, 4) is 51.7 Å². The van der Waals surface area contributed by atoms with Crippen LogP contribution in [0.15, 0.2) is 241 Å². The van der Waals surface area contributed by atoms with Gasteiger partial charge in [0.05, 0.1) is 83.2 Å². The van der Waals surface area contributed by atoms with Gasteiger partial charge in [-0.3, -0.25) is 33.8 Å². The average Bonchev–Trinajstić information content (AvgIpc) is 1.72. The number of aromatic amines is 3. The molecule has 17 aromatic rings. The third-order valence-electron chi connectivity index (χ3n) is 20.1. The Balaban J connectivity index is 0.000000118. The van der Waals surface area contributed by atoms with Crippen LogP contribution in [-0.4, -0.2) is 138 Å². The topological polar surface area (TPSA) is 425 Å². The van der Waals surface area contributed by atoms with Crippen molar-refractivity contribution in [1.29, 1.82) is 5.26 Å². The fourth-order valence-electron chi connectivity index (χ4n) is 13.3. The van der Waals surface area contributed by atoms with E-state index in [4.69, 9.17) is 56.9 Å². The summed E-state index contributed by atoms with van der Waals surface area (Å²) in [6.07, 6.45) is 15.8. The lowest BCUT2D eigenvalue weighted by atomic mass is 9.99. The van der Waals surface area contributed by atoms with E-state index in [2.05, 4.69) is 131 Å². The van der Waals surface area contributed by atoms with Gasteiger partial charge in [0.15, 0.2) is 29.1 Å². The number of aryl methyl sites for hydroxylation is 3. The highest BCUT2D eigenvalue weighted by atomic mass is 35.5. The Bertz CT molecular complexity index is 6860. The number of halogens is 2. The number of para-hydroxylation sites is 2. The number of nitrogens with one attached hydrogen (secondary N) is 9. The second-order valence-electron chi connectivity index (χ2n) is 29.3. The maximum absolute atomic E-state index is 11.5. The van der Waals surface area contributed by atoms with E-state index >= 15 is 0 Å². The van der Waals surface area contributed by atoms with Crippen LogP contribution in [0, 0.1) is 11.3 Å². The Morgan fingerprint density at radius 2 is 1.29 bits per heavy atom. The quantitative estimate of drug-likeness (QED) is 0.0243. The molecule has 1 unspecified atom stereocenters. The van der Waals surface area contributed by atoms with Crippen LogP contribution in [0.2, 0.25) is 10.0 Å². The number of carbonyl (C=O) groups is 1. The van der Waals surface area contributed by atoms with E-state index in [1.54, 1.807) is 103 Å². The number of nitriles is 1. The lowest BCUT2D eigenvalue weighted by Crippen LogP contribution is -2.21. The molecule has 9 heterocycles. The van der Waals surface area contributed by atoms with Crippen molar-refractivity contribution in [2.45, 2.75) is 94.0 Å². The van der Waals surface area contributed by atoms with Gasteiger partial charge in [0.2, 0.25) is 41.4 Å². The summed E-state index contributed by atoms with van der Waals surface area (Å²) in [5.74, 6) is 7.65. The number of imidazole rings is 1. The SMILES string of the molecule is CCn1cnc(Nc2cc(Nc3ccc4c(=O)[nH][nH]c4c3)ncn2)n1.CCn1cnc(Nc2cccc(C3COc4ccccc4O3)c2)n1.COc1cc(Nc2ncn(C(C)=O)n2)cc(OCc2ccccc2)c1OC.COc1ccc(-c2cc(Nc3ncn(C)n3)c(Cl)c(C3CC3)c2)c(Cl)c1.N#Cc1ccc(Sc2cc(Nc3ncn(C4CC4)n3)c3nc[nH]c3c2)cc1. The summed E-state index contributed by atoms with van der Waals surface area (Å²) >= 11 is 14.8. The molecular weight excluding hydrogens is 1700 g/mol. The van der Waals surface area contributed by atoms with Gasteiger partial charge in [0.1, 0.15) is 74.1 Å². The molecule has 2 saturated carbocycles. The van der Waals surface area contributed by atoms with Crippen molar-refractivity contribution in [3.63, 3.8) is 0 Å². The van der Waals surface area contributed by atoms with Gasteiger partial charge < -0.3 is 65.3 Å². The lowest BCUT2D eigenvalue weighted by Gasteiger charge is -2.26. The first-order chi connectivity index (χ1) is 62.9. The highest BCUT2D eigenvalue weighted by Gasteiger charge is 2.30. The molecule has 129 heavy (non-hydrogen) atoms. The number of H-pyrrole nitrogens is 3. The zero-order valence-electron chi connectivity index (χ0n) is 70.7. The van der Waals surface area contributed by atoms with Crippen LogP contribution >= 0.6 is 35.0 Å². The standard InChI is InChI=1S/C19H18Cl2N4O.C19H15N7S.C19H20N4O4.C18H18N4O2.C15H15N9O/c1-25-10-22-19(24-25)23-17-8-12(7-15(18(17)21)11-3-4-11)14-6-5-13(26-2)9-16(14)20;20-9-12-1-5-14(6-2-12)27-15-7-16-18(22-10-21-16)17(8-15)24-19-23-11-26(25-19)13-3-4-13;1-13(24)23-12-20-19(22-23)21-15-9-16(25-2)18(26-3)17(10-15)27-11-14-7-5-4-6-8-14;1-2-22-12-19-18(21-22)20-14-7-5-6-13(10-14)17-11-23-15-8-3-4-9-16(15)24-17;1-2-24-8-18-15(23-24)20-13-6-12(16-7-17-13)19-9-3-4-10-11(5-9)21-22-14(10)25/h5-11H,3-4H2,1-2H3,(H,23,24);1-2,5-8,10-11,13H,3-4H2,(H,21,22)(H,24,25);4-10,12H,11H2,1-3H3,(H,21,22);3-10,12,17H,2,11H2,1H3,(H,20,21);3-8H,2H2,1H3,(H2,21,22,25)(H2,16,17,19,20,23). The number of rotatable bonds is 26. The largest absolute Gasteiger partial charge is 0.497 e. The minimum absolute atomic E-state index is 0.136. The molecule has 39 heteroatoms. The number of aromatic nitrogens is 21. The molecule has 0 radical (unpaired) electrons. The molecule has 1 aliphatic heterocycles. The van der Waals surface area contributed by atoms with Gasteiger partial charge in [-0.1, -0.05) is 89.6 Å². The van der Waals surface area contributed by atoms with E-state index in [-0.39, 0.29) is 23.5 Å². The van der Waals surface area contributed by atoms with Crippen LogP contribution < -0.4 is 65.9 Å². The van der Waals surface area contributed by atoms with Gasteiger partial charge in [-0.15, -0.1) is 25.5 Å². The first-order valence-corrected chi connectivity index (χ1v) is 42.4. The number of nitrogens with zero attached hydrogens (tertiary/aromatic N) is 19. The van der Waals surface area contributed by atoms with Crippen LogP contribution in [0.4, 0.5) is 69.8 Å². The molecule has 0 spiro atoms. The average molecular weight is 1790 g/mol. The summed E-state index contributed by atoms with van der Waals surface area (Å²) in [4.78, 5) is 62.0. The predicted octanol–water partition coefficient (Wildman–Crippen LogP) is 18.3. The Morgan fingerprint density at radius 1 is 0.589 bits per heavy atom. The monoisotopic (exact) mass is 1790 g/mol. The first-order valence-electron chi connectivity index (χ1n) is 40.8. The van der Waals surface area contributed by atoms with Gasteiger partial charge >= 0.3 is 0 Å². The number of carbonyl (C=O) groups excluding carboxylic acids is 1. The fraction of sp³-hybridized carbons (Fsp3) is 0.200. The molecule has 0 saturated heterocycles. The van der Waals surface area contributed by atoms with Gasteiger partial charge in [-0.25, -0.2) is 39.6 Å². The molecule has 20 rings (SSSR count). The van der Waals surface area contributed by atoms with Crippen molar-refractivity contribution < 1.29 is 33.2 Å². The lowest BCUT2D eigenvalue weighted by molar-refractivity contribution is 0.0913. The van der Waals surface area contributed by atoms with E-state index in [0.29, 0.717) is 105 Å². The van der Waals surface area contributed by atoms with Gasteiger partial charge in [-0.2, -0.15) is 14.9 Å². The van der Waals surface area contributed by atoms with Crippen LogP contribution in [0.1, 0.15) is 91.6 Å². The zero-order chi connectivity index (χ0) is 89.3. The Hall–Kier alpha value is -15.8. The molecule has 3 aliphatic rings. The number of methoxy groups -OCH3 is 3. The Morgan fingerprint density at radius 3 is 1.99 bits per heavy atom. The highest BCUT2D eigenvalue weighted by Crippen LogP contribution is 2.49. The number of ether oxygens (including phenoxy) is 6. The minimum atomic E-state index is -0.227. The third kappa shape index (κ3) is 22.3. The molecule has 0 amide bonds. The predicted molar refractivity (Wildman–Crippen MR) is 492 cm³/mol. The number of fused-ring (bicyclic) bond motifs is 3. The maximum Gasteiger partial charge on any atom is 0.271 e. The van der Waals surface area contributed by atoms with Crippen LogP contribution in [0.5, 0.6) is 34.5 Å². The molecule has 654 valence electrons. The Kier molecular flexibility index (Phi) is 27.2. The molecule has 9 aromatic carbocycles. The van der Waals surface area contributed by atoms with Gasteiger partial charge in [0, 0.05) is 77.7 Å². The normalized spacial score (nSPS) is 12.9. The summed E-state index contributed by atoms with van der Waals surface area (Å²) in [5, 5.41) is 56.7. The zero-order valence-corrected chi connectivity index (χ0v) is 73.0. The van der Waals surface area contributed by atoms with E-state index in [1.807, 2.05) is 171 Å². The van der Waals surface area contributed by atoms with Crippen LogP contribution in [0.25, 0.3) is 33.1 Å². The highest BCUT2D eigenvalue weighted by molar-refractivity contribution is 7.99. The van der Waals surface area contributed by atoms with Crippen molar-refractivity contribution >= 4 is 133 Å². The third-order valence-corrected chi connectivity index (χ3v) is 21.8. The fourth-order valence-corrected chi connectivity index (χ4v) is 14.8. The first kappa shape index (κ1) is 86.7. The molecule has 2 fully saturated rings. The molecule has 0 bridgehead atoms. The van der Waals surface area contributed by atoms with E-state index in [9.17, 15) is 9.59 Å². The van der Waals surface area contributed by atoms with E-state index in [1.165, 1.54) is 32.4 Å². The minimum Gasteiger partial charge on any atom is -0.497 e. The molecule has 9 N–H and O–H groups in total. The molecule has 36 nitrogen and oxygen atoms in total. The van der Waals surface area contributed by atoms with E-state index < -0.39 is 0 Å². The van der Waals surface area contributed by atoms with E-state index in [0.717, 1.165) is 125 Å². The number of benzene rings is 9. The van der Waals surface area contributed by atoms with Crippen molar-refractivity contribution in [1.82, 2.24) is 104 Å². The summed E-state index contributed by atoms with van der Waals surface area (Å²) in [6.45, 7) is 7.82. The molecule has 1 atom stereocenters. The number of anilines is 12. The number of hydrogen-bond donors (Lipinski definition) is 9. The van der Waals surface area contributed by atoms with Crippen molar-refractivity contribution in [2.24, 2.45) is 7.05 Å². The Labute approximate surface area is 752 Å². The van der Waals surface area contributed by atoms with Gasteiger partial charge in [-0.05, 0) is 177 Å². The summed E-state index contributed by atoms with van der Waals surface area (Å²) < 4.78 is 42.1. The summed E-state index contributed by atoms with van der Waals surface area (Å²) in [7, 11) is 6.55. The smallest absolute Gasteiger partial charge is 0.271 e. The second-order valence-corrected chi connectivity index (χ2v) is 31.2. The number of hydrogen-bond acceptors (Lipinski definition) is 29. The van der Waals surface area contributed by atoms with Gasteiger partial charge in [0.25, 0.3) is 5.56 Å². The summed E-state index contributed by atoms with van der Waals surface area (Å²) in [6, 6.07) is 60.3. The molecule has 2 aliphatic carbocycles. The molecule has 8 aromatic heterocycles. The van der Waals surface area contributed by atoms with Crippen LogP contribution in [-0.2, 0) is 26.7 Å². The molecular formula is C90H86Cl2N28O8S. The van der Waals surface area contributed by atoms with Crippen molar-refractivity contribution in [3.05, 3.63) is 269 Å². The summed E-state index contributed by atoms with van der Waals surface area (Å²) in [5.41, 5.74) is 12.2. The maximum atomic E-state index is 11.5.